The van der Waals surface area contributed by atoms with Gasteiger partial charge in [0, 0.05) is 22.4 Å². The summed E-state index contributed by atoms with van der Waals surface area (Å²) in [5.41, 5.74) is 17.2. The first-order valence-electron chi connectivity index (χ1n) is 19.3. The number of rotatable bonds is 6. The Morgan fingerprint density at radius 2 is 0.945 bits per heavy atom. The first-order chi connectivity index (χ1) is 27.0. The molecule has 1 nitrogen and oxygen atoms in total. The summed E-state index contributed by atoms with van der Waals surface area (Å²) >= 11 is 0. The molecule has 262 valence electrons. The molecule has 0 amide bonds. The Morgan fingerprint density at radius 1 is 0.364 bits per heavy atom. The van der Waals surface area contributed by atoms with E-state index in [1.165, 1.54) is 88.4 Å². The Bertz CT molecular complexity index is 2880. The lowest BCUT2D eigenvalue weighted by Crippen LogP contribution is -2.17. The molecule has 0 saturated carbocycles. The van der Waals surface area contributed by atoms with Gasteiger partial charge in [0.05, 0.1) is 5.69 Å². The third kappa shape index (κ3) is 5.46. The summed E-state index contributed by atoms with van der Waals surface area (Å²) in [6.07, 6.45) is 0. The molecule has 0 aliphatic heterocycles. The van der Waals surface area contributed by atoms with Gasteiger partial charge in [-0.2, -0.15) is 0 Å². The van der Waals surface area contributed by atoms with Crippen LogP contribution in [0.3, 0.4) is 0 Å². The van der Waals surface area contributed by atoms with Crippen molar-refractivity contribution in [1.29, 1.82) is 0 Å². The number of hydrogen-bond acceptors (Lipinski definition) is 1. The van der Waals surface area contributed by atoms with Crippen molar-refractivity contribution in [3.05, 3.63) is 211 Å². The lowest BCUT2D eigenvalue weighted by molar-refractivity contribution is 0.660. The highest BCUT2D eigenvalue weighted by molar-refractivity contribution is 6.13. The van der Waals surface area contributed by atoms with E-state index in [2.05, 4.69) is 220 Å². The zero-order chi connectivity index (χ0) is 37.1. The first-order valence-corrected chi connectivity index (χ1v) is 19.3. The van der Waals surface area contributed by atoms with Gasteiger partial charge in [0.15, 0.2) is 0 Å². The summed E-state index contributed by atoms with van der Waals surface area (Å²) in [5.74, 6) is 0. The monoisotopic (exact) mass is 703 g/mol. The van der Waals surface area contributed by atoms with E-state index < -0.39 is 0 Å². The van der Waals surface area contributed by atoms with Gasteiger partial charge in [-0.25, -0.2) is 0 Å². The quantitative estimate of drug-likeness (QED) is 0.156. The molecule has 1 aliphatic carbocycles. The van der Waals surface area contributed by atoms with Crippen LogP contribution < -0.4 is 4.90 Å². The molecule has 0 unspecified atom stereocenters. The molecular weight excluding hydrogens is 663 g/mol. The van der Waals surface area contributed by atoms with Gasteiger partial charge in [0.25, 0.3) is 0 Å². The van der Waals surface area contributed by atoms with E-state index in [1.54, 1.807) is 0 Å². The second-order valence-electron chi connectivity index (χ2n) is 15.4. The number of hydrogen-bond donors (Lipinski definition) is 0. The van der Waals surface area contributed by atoms with Crippen molar-refractivity contribution in [2.75, 3.05) is 4.90 Å². The van der Waals surface area contributed by atoms with Crippen LogP contribution in [-0.4, -0.2) is 0 Å². The number of benzene rings is 9. The van der Waals surface area contributed by atoms with Crippen LogP contribution in [0.1, 0.15) is 30.5 Å². The molecule has 1 heteroatoms. The molecule has 0 radical (unpaired) electrons. The largest absolute Gasteiger partial charge is 0.310 e. The van der Waals surface area contributed by atoms with E-state index in [0.717, 1.165) is 11.4 Å². The highest BCUT2D eigenvalue weighted by Crippen LogP contribution is 2.52. The maximum Gasteiger partial charge on any atom is 0.0569 e. The van der Waals surface area contributed by atoms with Gasteiger partial charge in [-0.15, -0.1) is 0 Å². The number of nitrogens with zero attached hydrogens (tertiary/aromatic N) is 1. The van der Waals surface area contributed by atoms with Crippen molar-refractivity contribution in [1.82, 2.24) is 0 Å². The molecule has 0 atom stereocenters. The smallest absolute Gasteiger partial charge is 0.0569 e. The van der Waals surface area contributed by atoms with Crippen LogP contribution in [0.2, 0.25) is 0 Å². The summed E-state index contributed by atoms with van der Waals surface area (Å²) in [7, 11) is 0. The van der Waals surface area contributed by atoms with Gasteiger partial charge in [-0.1, -0.05) is 166 Å². The Hall–Kier alpha value is -6.70. The fourth-order valence-corrected chi connectivity index (χ4v) is 9.03. The lowest BCUT2D eigenvalue weighted by Gasteiger charge is -2.31. The van der Waals surface area contributed by atoms with Crippen molar-refractivity contribution in [2.24, 2.45) is 0 Å². The van der Waals surface area contributed by atoms with Gasteiger partial charge in [0.2, 0.25) is 0 Å². The summed E-state index contributed by atoms with van der Waals surface area (Å²) in [6.45, 7) is 7.00. The van der Waals surface area contributed by atoms with Crippen LogP contribution >= 0.6 is 0 Å². The molecule has 0 aromatic heterocycles. The second kappa shape index (κ2) is 13.0. The second-order valence-corrected chi connectivity index (χ2v) is 15.4. The molecule has 1 aliphatic rings. The highest BCUT2D eigenvalue weighted by atomic mass is 15.1. The van der Waals surface area contributed by atoms with Gasteiger partial charge < -0.3 is 4.90 Å². The zero-order valence-electron chi connectivity index (χ0n) is 31.4. The molecule has 9 aromatic rings. The van der Waals surface area contributed by atoms with E-state index in [-0.39, 0.29) is 5.41 Å². The minimum absolute atomic E-state index is 0.122. The van der Waals surface area contributed by atoms with Crippen molar-refractivity contribution in [3.63, 3.8) is 0 Å². The van der Waals surface area contributed by atoms with E-state index >= 15 is 0 Å². The van der Waals surface area contributed by atoms with Crippen LogP contribution in [0.5, 0.6) is 0 Å². The molecule has 9 aromatic carbocycles. The standard InChI is InChI=1S/C54H41N/c1-36-32-41(37-16-6-4-7-17-37)34-50(38-18-8-5-9-19-38)53(36)55(43-30-31-48-47-24-14-15-25-51(47)54(2,3)52(48)35-43)42-28-26-39(27-29-42)49-33-40-20-10-11-21-44(40)45-22-12-13-23-46(45)49/h4-35H,1-3H3. The van der Waals surface area contributed by atoms with Crippen LogP contribution in [0, 0.1) is 6.92 Å². The highest BCUT2D eigenvalue weighted by Gasteiger charge is 2.36. The van der Waals surface area contributed by atoms with E-state index in [1.807, 2.05) is 0 Å². The first kappa shape index (κ1) is 32.9. The topological polar surface area (TPSA) is 3.24 Å². The molecular formula is C54H41N. The molecule has 0 fully saturated rings. The zero-order valence-corrected chi connectivity index (χ0v) is 31.4. The average molecular weight is 704 g/mol. The van der Waals surface area contributed by atoms with Gasteiger partial charge in [-0.3, -0.25) is 0 Å². The molecule has 0 bridgehead atoms. The summed E-state index contributed by atoms with van der Waals surface area (Å²) in [4.78, 5) is 2.49. The van der Waals surface area contributed by atoms with E-state index in [9.17, 15) is 0 Å². The van der Waals surface area contributed by atoms with E-state index in [0.29, 0.717) is 0 Å². The molecule has 10 rings (SSSR count). The van der Waals surface area contributed by atoms with Crippen molar-refractivity contribution in [2.45, 2.75) is 26.2 Å². The average Bonchev–Trinajstić information content (AvgIpc) is 3.47. The molecule has 0 N–H and O–H groups in total. The Morgan fingerprint density at radius 3 is 1.71 bits per heavy atom. The molecule has 55 heavy (non-hydrogen) atoms. The lowest BCUT2D eigenvalue weighted by atomic mass is 9.82. The summed E-state index contributed by atoms with van der Waals surface area (Å²) < 4.78 is 0. The van der Waals surface area contributed by atoms with Crippen molar-refractivity contribution in [3.8, 4) is 44.5 Å². The Labute approximate surface area is 323 Å². The fourth-order valence-electron chi connectivity index (χ4n) is 9.03. The van der Waals surface area contributed by atoms with Gasteiger partial charge >= 0.3 is 0 Å². The van der Waals surface area contributed by atoms with Crippen LogP contribution in [0.4, 0.5) is 17.1 Å². The van der Waals surface area contributed by atoms with Crippen LogP contribution in [-0.2, 0) is 5.41 Å². The summed E-state index contributed by atoms with van der Waals surface area (Å²) in [6, 6.07) is 71.5. The Balaban J connectivity index is 1.20. The number of fused-ring (bicyclic) bond motifs is 6. The molecule has 0 heterocycles. The predicted octanol–water partition coefficient (Wildman–Crippen LogP) is 15.1. The third-order valence-corrected chi connectivity index (χ3v) is 11.7. The normalized spacial score (nSPS) is 12.8. The molecule has 0 spiro atoms. The van der Waals surface area contributed by atoms with Crippen LogP contribution in [0.25, 0.3) is 66.1 Å². The fraction of sp³-hybridized carbons (Fsp3) is 0.0741. The van der Waals surface area contributed by atoms with Crippen molar-refractivity contribution >= 4 is 38.6 Å². The number of anilines is 3. The predicted molar refractivity (Wildman–Crippen MR) is 235 cm³/mol. The minimum atomic E-state index is -0.122. The van der Waals surface area contributed by atoms with Crippen LogP contribution in [0.15, 0.2) is 194 Å². The maximum atomic E-state index is 2.49. The number of aryl methyl sites for hydroxylation is 1. The molecule has 0 saturated heterocycles. The third-order valence-electron chi connectivity index (χ3n) is 11.7. The van der Waals surface area contributed by atoms with Gasteiger partial charge in [-0.05, 0) is 127 Å². The van der Waals surface area contributed by atoms with Crippen molar-refractivity contribution < 1.29 is 0 Å². The summed E-state index contributed by atoms with van der Waals surface area (Å²) in [5, 5.41) is 5.09. The minimum Gasteiger partial charge on any atom is -0.310 e. The van der Waals surface area contributed by atoms with E-state index in [4.69, 9.17) is 0 Å². The Kier molecular flexibility index (Phi) is 7.78. The van der Waals surface area contributed by atoms with Gasteiger partial charge in [0.1, 0.15) is 0 Å². The SMILES string of the molecule is Cc1cc(-c2ccccc2)cc(-c2ccccc2)c1N(c1ccc(-c2cc3ccccc3c3ccccc23)cc1)c1ccc2c(c1)C(C)(C)c1ccccc1-2. The maximum absolute atomic E-state index is 2.49.